The number of hydrogen-bond acceptors (Lipinski definition) is 4. The van der Waals surface area contributed by atoms with Gasteiger partial charge in [-0.2, -0.15) is 0 Å². The summed E-state index contributed by atoms with van der Waals surface area (Å²) in [5.41, 5.74) is 2.34. The molecule has 6 heteroatoms. The topological polar surface area (TPSA) is 49.3 Å². The predicted octanol–water partition coefficient (Wildman–Crippen LogP) is 3.58. The number of halogens is 1. The van der Waals surface area contributed by atoms with E-state index in [4.69, 9.17) is 0 Å². The van der Waals surface area contributed by atoms with Gasteiger partial charge >= 0.3 is 0 Å². The highest BCUT2D eigenvalue weighted by molar-refractivity contribution is 5.83. The standard InChI is InChI=1S/C24H31FN4O/c1-18-15-26-16-22(27-18)20-6-4-10-29(17-20)23(30)24(8-11-28(2)12-9-24)14-19-5-3-7-21(25)13-19/h3,5,7,13,15-16,20H,4,6,8-12,14,17H2,1-2H3. The van der Waals surface area contributed by atoms with Crippen molar-refractivity contribution in [2.75, 3.05) is 33.2 Å². The van der Waals surface area contributed by atoms with Crippen LogP contribution in [0.1, 0.15) is 48.6 Å². The quantitative estimate of drug-likeness (QED) is 0.773. The molecule has 0 aliphatic carbocycles. The summed E-state index contributed by atoms with van der Waals surface area (Å²) in [5.74, 6) is 0.219. The van der Waals surface area contributed by atoms with Crippen LogP contribution in [0.4, 0.5) is 4.39 Å². The number of hydrogen-bond donors (Lipinski definition) is 0. The number of carbonyl (C=O) groups excluding carboxylic acids is 1. The fraction of sp³-hybridized carbons (Fsp3) is 0.542. The lowest BCUT2D eigenvalue weighted by Crippen LogP contribution is -2.52. The molecular formula is C24H31FN4O. The number of piperidine rings is 2. The van der Waals surface area contributed by atoms with E-state index in [1.54, 1.807) is 18.3 Å². The normalized spacial score (nSPS) is 22.1. The summed E-state index contributed by atoms with van der Waals surface area (Å²) in [4.78, 5) is 27.2. The second-order valence-electron chi connectivity index (χ2n) is 9.07. The molecule has 0 spiro atoms. The highest BCUT2D eigenvalue weighted by Crippen LogP contribution is 2.39. The van der Waals surface area contributed by atoms with Crippen molar-refractivity contribution in [2.24, 2.45) is 5.41 Å². The lowest BCUT2D eigenvalue weighted by molar-refractivity contribution is -0.146. The molecule has 4 rings (SSSR count). The van der Waals surface area contributed by atoms with Crippen LogP contribution in [0.2, 0.25) is 0 Å². The smallest absolute Gasteiger partial charge is 0.229 e. The molecule has 2 saturated heterocycles. The Labute approximate surface area is 178 Å². The lowest BCUT2D eigenvalue weighted by atomic mass is 9.72. The first-order valence-corrected chi connectivity index (χ1v) is 11.0. The van der Waals surface area contributed by atoms with Gasteiger partial charge in [-0.05, 0) is 76.9 Å². The summed E-state index contributed by atoms with van der Waals surface area (Å²) < 4.78 is 13.8. The third-order valence-electron chi connectivity index (χ3n) is 6.73. The van der Waals surface area contributed by atoms with Gasteiger partial charge in [0, 0.05) is 31.4 Å². The maximum Gasteiger partial charge on any atom is 0.229 e. The van der Waals surface area contributed by atoms with Crippen molar-refractivity contribution in [3.05, 3.63) is 59.4 Å². The minimum atomic E-state index is -0.458. The van der Waals surface area contributed by atoms with E-state index in [1.807, 2.05) is 24.1 Å². The number of likely N-dealkylation sites (tertiary alicyclic amines) is 2. The molecule has 0 radical (unpaired) electrons. The number of aryl methyl sites for hydroxylation is 1. The lowest BCUT2D eigenvalue weighted by Gasteiger charge is -2.44. The van der Waals surface area contributed by atoms with Crippen molar-refractivity contribution in [3.8, 4) is 0 Å². The molecule has 1 atom stereocenters. The molecule has 2 aliphatic rings. The fourth-order valence-electron chi connectivity index (χ4n) is 4.97. The number of nitrogens with zero attached hydrogens (tertiary/aromatic N) is 4. The van der Waals surface area contributed by atoms with Crippen LogP contribution < -0.4 is 0 Å². The van der Waals surface area contributed by atoms with Crippen LogP contribution in [0.15, 0.2) is 36.7 Å². The maximum absolute atomic E-state index is 13.9. The summed E-state index contributed by atoms with van der Waals surface area (Å²) in [6.07, 6.45) is 7.83. The van der Waals surface area contributed by atoms with Crippen LogP contribution in [0, 0.1) is 18.2 Å². The first-order valence-electron chi connectivity index (χ1n) is 11.0. The van der Waals surface area contributed by atoms with E-state index in [1.165, 1.54) is 6.07 Å². The SMILES string of the molecule is Cc1cncc(C2CCCN(C(=O)C3(Cc4cccc(F)c4)CCN(C)CC3)C2)n1. The molecule has 1 amide bonds. The third kappa shape index (κ3) is 4.53. The summed E-state index contributed by atoms with van der Waals surface area (Å²) >= 11 is 0. The van der Waals surface area contributed by atoms with Crippen molar-refractivity contribution in [1.29, 1.82) is 0 Å². The molecule has 2 aliphatic heterocycles. The second-order valence-corrected chi connectivity index (χ2v) is 9.07. The zero-order valence-corrected chi connectivity index (χ0v) is 18.0. The fourth-order valence-corrected chi connectivity index (χ4v) is 4.97. The highest BCUT2D eigenvalue weighted by atomic mass is 19.1. The molecule has 160 valence electrons. The molecule has 3 heterocycles. The summed E-state index contributed by atoms with van der Waals surface area (Å²) in [6, 6.07) is 6.72. The Morgan fingerprint density at radius 1 is 1.23 bits per heavy atom. The molecule has 30 heavy (non-hydrogen) atoms. The van der Waals surface area contributed by atoms with Crippen LogP contribution in [-0.2, 0) is 11.2 Å². The molecule has 2 fully saturated rings. The van der Waals surface area contributed by atoms with E-state index in [0.717, 1.165) is 62.3 Å². The first kappa shape index (κ1) is 20.9. The summed E-state index contributed by atoms with van der Waals surface area (Å²) in [5, 5.41) is 0. The van der Waals surface area contributed by atoms with E-state index < -0.39 is 5.41 Å². The molecule has 2 aromatic rings. The highest BCUT2D eigenvalue weighted by Gasteiger charge is 2.44. The minimum absolute atomic E-state index is 0.227. The number of carbonyl (C=O) groups is 1. The van der Waals surface area contributed by atoms with E-state index in [9.17, 15) is 9.18 Å². The molecular weight excluding hydrogens is 379 g/mol. The van der Waals surface area contributed by atoms with Gasteiger partial charge in [-0.25, -0.2) is 4.39 Å². The minimum Gasteiger partial charge on any atom is -0.342 e. The van der Waals surface area contributed by atoms with Gasteiger partial charge in [-0.3, -0.25) is 14.8 Å². The van der Waals surface area contributed by atoms with Gasteiger partial charge in [0.15, 0.2) is 0 Å². The van der Waals surface area contributed by atoms with Crippen molar-refractivity contribution in [3.63, 3.8) is 0 Å². The Kier molecular flexibility index (Phi) is 6.14. The summed E-state index contributed by atoms with van der Waals surface area (Å²) in [6.45, 7) is 5.21. The van der Waals surface area contributed by atoms with Gasteiger partial charge < -0.3 is 9.80 Å². The molecule has 0 N–H and O–H groups in total. The Bertz CT molecular complexity index is 894. The largest absolute Gasteiger partial charge is 0.342 e. The van der Waals surface area contributed by atoms with E-state index in [0.29, 0.717) is 13.0 Å². The molecule has 0 bridgehead atoms. The van der Waals surface area contributed by atoms with Crippen molar-refractivity contribution >= 4 is 5.91 Å². The number of benzene rings is 1. The Morgan fingerprint density at radius 2 is 2.03 bits per heavy atom. The van der Waals surface area contributed by atoms with Crippen molar-refractivity contribution < 1.29 is 9.18 Å². The monoisotopic (exact) mass is 410 g/mol. The van der Waals surface area contributed by atoms with Crippen molar-refractivity contribution in [1.82, 2.24) is 19.8 Å². The van der Waals surface area contributed by atoms with Gasteiger partial charge in [-0.1, -0.05) is 12.1 Å². The zero-order valence-electron chi connectivity index (χ0n) is 18.0. The van der Waals surface area contributed by atoms with Crippen molar-refractivity contribution in [2.45, 2.75) is 44.9 Å². The molecule has 5 nitrogen and oxygen atoms in total. The summed E-state index contributed by atoms with van der Waals surface area (Å²) in [7, 11) is 2.10. The van der Waals surface area contributed by atoms with Gasteiger partial charge in [0.25, 0.3) is 0 Å². The second kappa shape index (κ2) is 8.80. The van der Waals surface area contributed by atoms with Crippen LogP contribution in [0.5, 0.6) is 0 Å². The van der Waals surface area contributed by atoms with Gasteiger partial charge in [-0.15, -0.1) is 0 Å². The van der Waals surface area contributed by atoms with E-state index in [-0.39, 0.29) is 17.6 Å². The van der Waals surface area contributed by atoms with Crippen LogP contribution >= 0.6 is 0 Å². The number of aromatic nitrogens is 2. The van der Waals surface area contributed by atoms with Crippen LogP contribution in [0.3, 0.4) is 0 Å². The molecule has 0 saturated carbocycles. The predicted molar refractivity (Wildman–Crippen MR) is 115 cm³/mol. The van der Waals surface area contributed by atoms with Crippen LogP contribution in [0.25, 0.3) is 0 Å². The Morgan fingerprint density at radius 3 is 2.77 bits per heavy atom. The Hall–Kier alpha value is -2.34. The molecule has 1 aromatic heterocycles. The van der Waals surface area contributed by atoms with E-state index >= 15 is 0 Å². The van der Waals surface area contributed by atoms with Gasteiger partial charge in [0.1, 0.15) is 5.82 Å². The van der Waals surface area contributed by atoms with Gasteiger partial charge in [0.05, 0.1) is 16.8 Å². The third-order valence-corrected chi connectivity index (χ3v) is 6.73. The first-order chi connectivity index (χ1) is 14.4. The van der Waals surface area contributed by atoms with Gasteiger partial charge in [0.2, 0.25) is 5.91 Å². The maximum atomic E-state index is 13.9. The molecule has 1 unspecified atom stereocenters. The molecule has 1 aromatic carbocycles. The van der Waals surface area contributed by atoms with Crippen LogP contribution in [-0.4, -0.2) is 58.9 Å². The zero-order chi connectivity index (χ0) is 21.1. The average Bonchev–Trinajstić information content (AvgIpc) is 2.75. The number of amides is 1. The number of rotatable bonds is 4. The van der Waals surface area contributed by atoms with E-state index in [2.05, 4.69) is 21.9 Å². The Balaban J connectivity index is 1.56. The average molecular weight is 411 g/mol.